The molecule has 3 nitrogen and oxygen atoms in total. The van der Waals surface area contributed by atoms with Crippen molar-refractivity contribution in [1.29, 1.82) is 0 Å². The molecule has 0 bridgehead atoms. The fraction of sp³-hybridized carbons (Fsp3) is 0. The van der Waals surface area contributed by atoms with Crippen molar-refractivity contribution in [2.24, 2.45) is 0 Å². The highest BCUT2D eigenvalue weighted by Gasteiger charge is 2.18. The van der Waals surface area contributed by atoms with Gasteiger partial charge in [0, 0.05) is 51.2 Å². The van der Waals surface area contributed by atoms with E-state index in [2.05, 4.69) is 312 Å². The highest BCUT2D eigenvalue weighted by molar-refractivity contribution is 5.85. The lowest BCUT2D eigenvalue weighted by atomic mass is 10.0. The van der Waals surface area contributed by atoms with Gasteiger partial charge < -0.3 is 14.7 Å². The van der Waals surface area contributed by atoms with Crippen molar-refractivity contribution < 1.29 is 0 Å². The molecule has 11 aromatic rings. The van der Waals surface area contributed by atoms with E-state index in [9.17, 15) is 0 Å². The van der Waals surface area contributed by atoms with Crippen LogP contribution >= 0.6 is 0 Å². The molecule has 0 spiro atoms. The van der Waals surface area contributed by atoms with Crippen molar-refractivity contribution in [3.05, 3.63) is 297 Å². The van der Waals surface area contributed by atoms with Crippen molar-refractivity contribution in [1.82, 2.24) is 0 Å². The number of hydrogen-bond donors (Lipinski definition) is 0. The van der Waals surface area contributed by atoms with Crippen LogP contribution in [-0.2, 0) is 0 Å². The van der Waals surface area contributed by atoms with Gasteiger partial charge in [0.15, 0.2) is 0 Å². The van der Waals surface area contributed by atoms with Gasteiger partial charge in [0.2, 0.25) is 0 Å². The van der Waals surface area contributed by atoms with Gasteiger partial charge in [-0.05, 0) is 154 Å². The van der Waals surface area contributed by atoms with Crippen LogP contribution in [0.15, 0.2) is 297 Å². The molecule has 0 saturated carbocycles. The van der Waals surface area contributed by atoms with Crippen LogP contribution in [0.25, 0.3) is 44.5 Å². The van der Waals surface area contributed by atoms with Crippen LogP contribution < -0.4 is 14.7 Å². The molecule has 0 aliphatic carbocycles. The highest BCUT2D eigenvalue weighted by atomic mass is 15.2. The molecular weight excluding hydrogens is 835 g/mol. The van der Waals surface area contributed by atoms with E-state index >= 15 is 0 Å². The lowest BCUT2D eigenvalue weighted by Crippen LogP contribution is -2.10. The Bertz CT molecular complexity index is 3260. The zero-order valence-corrected chi connectivity index (χ0v) is 38.1. The molecule has 0 saturated heterocycles. The minimum absolute atomic E-state index is 1.08. The molecule has 0 N–H and O–H groups in total. The largest absolute Gasteiger partial charge is 0.311 e. The van der Waals surface area contributed by atoms with Gasteiger partial charge in [0.05, 0.1) is 0 Å². The van der Waals surface area contributed by atoms with E-state index in [0.29, 0.717) is 0 Å². The van der Waals surface area contributed by atoms with E-state index in [1.54, 1.807) is 0 Å². The molecule has 69 heavy (non-hydrogen) atoms. The van der Waals surface area contributed by atoms with Crippen LogP contribution in [0.4, 0.5) is 51.2 Å². The molecule has 0 aliphatic rings. The van der Waals surface area contributed by atoms with Crippen molar-refractivity contribution >= 4 is 51.2 Å². The summed E-state index contributed by atoms with van der Waals surface area (Å²) in [6.45, 7) is 0. The fourth-order valence-corrected chi connectivity index (χ4v) is 9.19. The minimum atomic E-state index is 1.08. The molecule has 0 fully saturated rings. The van der Waals surface area contributed by atoms with Gasteiger partial charge in [-0.15, -0.1) is 0 Å². The lowest BCUT2D eigenvalue weighted by molar-refractivity contribution is 1.28. The highest BCUT2D eigenvalue weighted by Crippen LogP contribution is 2.41. The van der Waals surface area contributed by atoms with Crippen molar-refractivity contribution in [3.8, 4) is 44.5 Å². The normalized spacial score (nSPS) is 10.9. The predicted molar refractivity (Wildman–Crippen MR) is 292 cm³/mol. The summed E-state index contributed by atoms with van der Waals surface area (Å²) in [6, 6.07) is 106. The SMILES string of the molecule is c1ccc(-c2ccc(N(c3ccc(-c4ccccc4)cc3)c3cccc(-c4ccc(N(c5ccccc5)c5ccc(-c6cccc(N(c7ccccc7)c7ccccc7)c6)cc5)cc4)c3)cc2)cc1. The molecule has 0 unspecified atom stereocenters. The van der Waals surface area contributed by atoms with Gasteiger partial charge in [0.25, 0.3) is 0 Å². The van der Waals surface area contributed by atoms with E-state index in [4.69, 9.17) is 0 Å². The summed E-state index contributed by atoms with van der Waals surface area (Å²) in [4.78, 5) is 6.98. The Morgan fingerprint density at radius 3 is 0.609 bits per heavy atom. The molecule has 0 atom stereocenters. The van der Waals surface area contributed by atoms with Crippen LogP contribution in [0.2, 0.25) is 0 Å². The molecule has 0 aromatic heterocycles. The number of nitrogens with zero attached hydrogens (tertiary/aromatic N) is 3. The lowest BCUT2D eigenvalue weighted by Gasteiger charge is -2.27. The molecular formula is C66H49N3. The first kappa shape index (κ1) is 42.5. The average molecular weight is 884 g/mol. The second-order valence-electron chi connectivity index (χ2n) is 17.0. The standard InChI is InChI=1S/C66H49N3/c1-6-18-50(19-7-1)52-32-40-63(41-33-52)69(64-42-34-53(35-43-64)51-20-8-2-9-21-51)66-31-17-23-57(49-66)55-38-46-62(47-39-55)67(58-24-10-3-11-25-58)61-44-36-54(37-45-61)56-22-16-30-65(48-56)68(59-26-12-4-13-27-59)60-28-14-5-15-29-60/h1-49H. The van der Waals surface area contributed by atoms with E-state index in [1.807, 2.05) is 0 Å². The van der Waals surface area contributed by atoms with Crippen molar-refractivity contribution in [2.45, 2.75) is 0 Å². The summed E-state index contributed by atoms with van der Waals surface area (Å²) >= 11 is 0. The third-order valence-corrected chi connectivity index (χ3v) is 12.6. The van der Waals surface area contributed by atoms with Gasteiger partial charge in [0.1, 0.15) is 0 Å². The molecule has 0 radical (unpaired) electrons. The average Bonchev–Trinajstić information content (AvgIpc) is 3.43. The van der Waals surface area contributed by atoms with E-state index in [1.165, 1.54) is 22.3 Å². The molecule has 0 aliphatic heterocycles. The summed E-state index contributed by atoms with van der Waals surface area (Å²) in [5.74, 6) is 0. The van der Waals surface area contributed by atoms with Crippen LogP contribution in [-0.4, -0.2) is 0 Å². The number of hydrogen-bond acceptors (Lipinski definition) is 3. The van der Waals surface area contributed by atoms with Gasteiger partial charge >= 0.3 is 0 Å². The topological polar surface area (TPSA) is 9.72 Å². The smallest absolute Gasteiger partial charge is 0.0467 e. The Balaban J connectivity index is 0.898. The fourth-order valence-electron chi connectivity index (χ4n) is 9.19. The first-order valence-corrected chi connectivity index (χ1v) is 23.5. The first-order valence-electron chi connectivity index (χ1n) is 23.5. The number of anilines is 9. The van der Waals surface area contributed by atoms with Crippen LogP contribution in [0.3, 0.4) is 0 Å². The number of rotatable bonds is 13. The second-order valence-corrected chi connectivity index (χ2v) is 17.0. The van der Waals surface area contributed by atoms with Crippen LogP contribution in [0.1, 0.15) is 0 Å². The Kier molecular flexibility index (Phi) is 12.1. The van der Waals surface area contributed by atoms with E-state index < -0.39 is 0 Å². The maximum Gasteiger partial charge on any atom is 0.0467 e. The molecule has 0 amide bonds. The summed E-state index contributed by atoms with van der Waals surface area (Å²) in [7, 11) is 0. The minimum Gasteiger partial charge on any atom is -0.311 e. The van der Waals surface area contributed by atoms with Gasteiger partial charge in [-0.2, -0.15) is 0 Å². The first-order chi connectivity index (χ1) is 34.2. The third-order valence-electron chi connectivity index (χ3n) is 12.6. The zero-order chi connectivity index (χ0) is 46.2. The van der Waals surface area contributed by atoms with Gasteiger partial charge in [-0.25, -0.2) is 0 Å². The Labute approximate surface area is 405 Å². The molecule has 328 valence electrons. The summed E-state index contributed by atoms with van der Waals surface area (Å²) in [5, 5.41) is 0. The summed E-state index contributed by atoms with van der Waals surface area (Å²) < 4.78 is 0. The molecule has 3 heteroatoms. The van der Waals surface area contributed by atoms with Crippen LogP contribution in [0, 0.1) is 0 Å². The Morgan fingerprint density at radius 2 is 0.319 bits per heavy atom. The van der Waals surface area contributed by atoms with Gasteiger partial charge in [-0.1, -0.05) is 188 Å². The van der Waals surface area contributed by atoms with Crippen LogP contribution in [0.5, 0.6) is 0 Å². The Hall–Kier alpha value is -9.18. The van der Waals surface area contributed by atoms with Crippen molar-refractivity contribution in [2.75, 3.05) is 14.7 Å². The van der Waals surface area contributed by atoms with E-state index in [-0.39, 0.29) is 0 Å². The third kappa shape index (κ3) is 9.31. The Morgan fingerprint density at radius 1 is 0.130 bits per heavy atom. The zero-order valence-electron chi connectivity index (χ0n) is 38.1. The summed E-state index contributed by atoms with van der Waals surface area (Å²) in [6.07, 6.45) is 0. The molecule has 11 aromatic carbocycles. The monoisotopic (exact) mass is 883 g/mol. The predicted octanol–water partition coefficient (Wildman–Crippen LogP) is 18.8. The van der Waals surface area contributed by atoms with E-state index in [0.717, 1.165) is 73.4 Å². The van der Waals surface area contributed by atoms with Crippen molar-refractivity contribution in [3.63, 3.8) is 0 Å². The van der Waals surface area contributed by atoms with Gasteiger partial charge in [-0.3, -0.25) is 0 Å². The molecule has 11 rings (SSSR count). The quantitative estimate of drug-likeness (QED) is 0.114. The maximum absolute atomic E-state index is 2.35. The number of benzene rings is 11. The number of para-hydroxylation sites is 3. The second kappa shape index (κ2) is 19.7. The summed E-state index contributed by atoms with van der Waals surface area (Å²) in [5.41, 5.74) is 19.2. The maximum atomic E-state index is 2.35. The molecule has 0 heterocycles.